The molecule has 1 atom stereocenters. The molecule has 3 nitrogen and oxygen atoms in total. The van der Waals surface area contributed by atoms with E-state index in [1.807, 2.05) is 0 Å². The summed E-state index contributed by atoms with van der Waals surface area (Å²) in [5.74, 6) is 0.0409. The van der Waals surface area contributed by atoms with Crippen LogP contribution in [-0.4, -0.2) is 24.8 Å². The summed E-state index contributed by atoms with van der Waals surface area (Å²) >= 11 is 0. The standard InChI is InChI=1S/C10H16O3/c1-8(11)9-3-2-4-10(7-9)12-5-6-13-10/h9H,2-7H2,1H3. The van der Waals surface area contributed by atoms with Crippen molar-refractivity contribution >= 4 is 5.78 Å². The molecular weight excluding hydrogens is 168 g/mol. The maximum absolute atomic E-state index is 11.2. The highest BCUT2D eigenvalue weighted by Crippen LogP contribution is 2.38. The Labute approximate surface area is 78.4 Å². The van der Waals surface area contributed by atoms with Gasteiger partial charge in [-0.1, -0.05) is 0 Å². The van der Waals surface area contributed by atoms with Crippen LogP contribution in [0.15, 0.2) is 0 Å². The third kappa shape index (κ3) is 1.76. The lowest BCUT2D eigenvalue weighted by molar-refractivity contribution is -0.188. The zero-order chi connectivity index (χ0) is 9.31. The fourth-order valence-electron chi connectivity index (χ4n) is 2.30. The lowest BCUT2D eigenvalue weighted by Gasteiger charge is -2.35. The van der Waals surface area contributed by atoms with Gasteiger partial charge in [-0.25, -0.2) is 0 Å². The fraction of sp³-hybridized carbons (Fsp3) is 0.900. The average molecular weight is 184 g/mol. The molecule has 0 amide bonds. The molecule has 1 saturated heterocycles. The Morgan fingerprint density at radius 1 is 1.38 bits per heavy atom. The van der Waals surface area contributed by atoms with Gasteiger partial charge in [0, 0.05) is 18.8 Å². The van der Waals surface area contributed by atoms with Crippen LogP contribution in [0.1, 0.15) is 32.6 Å². The van der Waals surface area contributed by atoms with Gasteiger partial charge in [0.05, 0.1) is 13.2 Å². The maximum Gasteiger partial charge on any atom is 0.169 e. The molecule has 0 bridgehead atoms. The van der Waals surface area contributed by atoms with Crippen LogP contribution in [0.5, 0.6) is 0 Å². The molecule has 2 rings (SSSR count). The van der Waals surface area contributed by atoms with Crippen LogP contribution in [0, 0.1) is 5.92 Å². The van der Waals surface area contributed by atoms with Crippen LogP contribution < -0.4 is 0 Å². The molecule has 0 aromatic rings. The quantitative estimate of drug-likeness (QED) is 0.619. The highest BCUT2D eigenvalue weighted by atomic mass is 16.7. The second-order valence-corrected chi connectivity index (χ2v) is 4.01. The molecule has 2 aliphatic rings. The van der Waals surface area contributed by atoms with Crippen LogP contribution in [0.3, 0.4) is 0 Å². The van der Waals surface area contributed by atoms with Crippen molar-refractivity contribution in [2.75, 3.05) is 13.2 Å². The Hall–Kier alpha value is -0.410. The number of rotatable bonds is 1. The first-order valence-electron chi connectivity index (χ1n) is 5.00. The number of carbonyl (C=O) groups is 1. The summed E-state index contributed by atoms with van der Waals surface area (Å²) in [6, 6.07) is 0. The van der Waals surface area contributed by atoms with E-state index in [9.17, 15) is 4.79 Å². The molecule has 0 aromatic heterocycles. The van der Waals surface area contributed by atoms with Gasteiger partial charge in [0.25, 0.3) is 0 Å². The van der Waals surface area contributed by atoms with Crippen LogP contribution in [-0.2, 0) is 14.3 Å². The van der Waals surface area contributed by atoms with E-state index in [2.05, 4.69) is 0 Å². The van der Waals surface area contributed by atoms with E-state index < -0.39 is 5.79 Å². The molecule has 1 heterocycles. The summed E-state index contributed by atoms with van der Waals surface area (Å²) in [5, 5.41) is 0. The van der Waals surface area contributed by atoms with Crippen molar-refractivity contribution < 1.29 is 14.3 Å². The van der Waals surface area contributed by atoms with Crippen molar-refractivity contribution in [2.45, 2.75) is 38.4 Å². The van der Waals surface area contributed by atoms with Gasteiger partial charge in [-0.3, -0.25) is 4.79 Å². The molecule has 2 fully saturated rings. The van der Waals surface area contributed by atoms with Gasteiger partial charge in [-0.15, -0.1) is 0 Å². The molecule has 74 valence electrons. The summed E-state index contributed by atoms with van der Waals surface area (Å²) in [5.41, 5.74) is 0. The van der Waals surface area contributed by atoms with Crippen molar-refractivity contribution in [1.29, 1.82) is 0 Å². The van der Waals surface area contributed by atoms with Gasteiger partial charge in [-0.2, -0.15) is 0 Å². The second kappa shape index (κ2) is 3.39. The molecule has 1 aliphatic heterocycles. The predicted octanol–water partition coefficient (Wildman–Crippen LogP) is 1.51. The summed E-state index contributed by atoms with van der Waals surface area (Å²) < 4.78 is 11.2. The first-order valence-corrected chi connectivity index (χ1v) is 5.00. The van der Waals surface area contributed by atoms with Crippen molar-refractivity contribution in [3.63, 3.8) is 0 Å². The van der Waals surface area contributed by atoms with Crippen LogP contribution in [0.25, 0.3) is 0 Å². The minimum absolute atomic E-state index is 0.159. The van der Waals surface area contributed by atoms with Gasteiger partial charge in [0.2, 0.25) is 0 Å². The third-order valence-electron chi connectivity index (χ3n) is 3.06. The van der Waals surface area contributed by atoms with E-state index in [0.717, 1.165) is 25.7 Å². The minimum Gasteiger partial charge on any atom is -0.348 e. The first kappa shape index (κ1) is 9.16. The third-order valence-corrected chi connectivity index (χ3v) is 3.06. The average Bonchev–Trinajstić information content (AvgIpc) is 2.53. The Morgan fingerprint density at radius 2 is 2.08 bits per heavy atom. The van der Waals surface area contributed by atoms with E-state index >= 15 is 0 Å². The molecule has 1 aliphatic carbocycles. The number of ketones is 1. The molecule has 3 heteroatoms. The summed E-state index contributed by atoms with van der Waals surface area (Å²) in [4.78, 5) is 11.2. The molecule has 13 heavy (non-hydrogen) atoms. The van der Waals surface area contributed by atoms with Crippen LogP contribution >= 0.6 is 0 Å². The zero-order valence-electron chi connectivity index (χ0n) is 8.04. The van der Waals surface area contributed by atoms with E-state index in [0.29, 0.717) is 13.2 Å². The highest BCUT2D eigenvalue weighted by molar-refractivity contribution is 5.78. The zero-order valence-corrected chi connectivity index (χ0v) is 8.04. The van der Waals surface area contributed by atoms with Gasteiger partial charge in [0.1, 0.15) is 5.78 Å². The van der Waals surface area contributed by atoms with E-state index in [4.69, 9.17) is 9.47 Å². The van der Waals surface area contributed by atoms with Gasteiger partial charge < -0.3 is 9.47 Å². The lowest BCUT2D eigenvalue weighted by atomic mass is 9.82. The normalized spacial score (nSPS) is 32.2. The minimum atomic E-state index is -0.394. The predicted molar refractivity (Wildman–Crippen MR) is 47.3 cm³/mol. The number of ether oxygens (including phenoxy) is 2. The van der Waals surface area contributed by atoms with Crippen LogP contribution in [0.2, 0.25) is 0 Å². The van der Waals surface area contributed by atoms with Crippen molar-refractivity contribution in [3.8, 4) is 0 Å². The molecule has 0 N–H and O–H groups in total. The number of hydrogen-bond acceptors (Lipinski definition) is 3. The second-order valence-electron chi connectivity index (χ2n) is 4.01. The summed E-state index contributed by atoms with van der Waals surface area (Å²) in [6.07, 6.45) is 3.77. The smallest absolute Gasteiger partial charge is 0.169 e. The van der Waals surface area contributed by atoms with Crippen molar-refractivity contribution in [3.05, 3.63) is 0 Å². The van der Waals surface area contributed by atoms with Crippen LogP contribution in [0.4, 0.5) is 0 Å². The van der Waals surface area contributed by atoms with E-state index in [1.165, 1.54) is 0 Å². The lowest BCUT2D eigenvalue weighted by Crippen LogP contribution is -2.38. The molecular formula is C10H16O3. The highest BCUT2D eigenvalue weighted by Gasteiger charge is 2.42. The Kier molecular flexibility index (Phi) is 2.39. The number of Topliss-reactive ketones (excluding diaryl/α,β-unsaturated/α-hetero) is 1. The Morgan fingerprint density at radius 3 is 2.69 bits per heavy atom. The van der Waals surface area contributed by atoms with Crippen molar-refractivity contribution in [2.24, 2.45) is 5.92 Å². The molecule has 1 unspecified atom stereocenters. The summed E-state index contributed by atoms with van der Waals surface area (Å²) in [6.45, 7) is 3.04. The topological polar surface area (TPSA) is 35.5 Å². The van der Waals surface area contributed by atoms with E-state index in [-0.39, 0.29) is 11.7 Å². The molecule has 0 radical (unpaired) electrons. The van der Waals surface area contributed by atoms with Gasteiger partial charge in [0.15, 0.2) is 5.79 Å². The number of hydrogen-bond donors (Lipinski definition) is 0. The monoisotopic (exact) mass is 184 g/mol. The Bertz CT molecular complexity index is 206. The first-order chi connectivity index (χ1) is 6.22. The Balaban J connectivity index is 2.02. The van der Waals surface area contributed by atoms with Gasteiger partial charge in [-0.05, 0) is 19.8 Å². The molecule has 0 aromatic carbocycles. The fourth-order valence-corrected chi connectivity index (χ4v) is 2.30. The van der Waals surface area contributed by atoms with Gasteiger partial charge >= 0.3 is 0 Å². The van der Waals surface area contributed by atoms with E-state index in [1.54, 1.807) is 6.92 Å². The molecule has 1 spiro atoms. The molecule has 1 saturated carbocycles. The number of carbonyl (C=O) groups excluding carboxylic acids is 1. The summed E-state index contributed by atoms with van der Waals surface area (Å²) in [7, 11) is 0. The SMILES string of the molecule is CC(=O)C1CCCC2(C1)OCCO2. The largest absolute Gasteiger partial charge is 0.348 e. The van der Waals surface area contributed by atoms with Crippen molar-refractivity contribution in [1.82, 2.24) is 0 Å². The maximum atomic E-state index is 11.2.